The van der Waals surface area contributed by atoms with Crippen LogP contribution in [-0.2, 0) is 17.8 Å². The third-order valence-corrected chi connectivity index (χ3v) is 6.84. The Kier molecular flexibility index (Phi) is 7.35. The number of anilines is 1. The first kappa shape index (κ1) is 22.6. The van der Waals surface area contributed by atoms with Crippen LogP contribution < -0.4 is 4.90 Å². The Bertz CT molecular complexity index is 895. The fraction of sp³-hybridized carbons (Fsp3) is 0.560. The minimum atomic E-state index is -0.287. The van der Waals surface area contributed by atoms with Crippen LogP contribution in [0.15, 0.2) is 36.7 Å². The molecule has 2 aliphatic rings. The molecule has 0 N–H and O–H groups in total. The normalized spacial score (nSPS) is 20.3. The summed E-state index contributed by atoms with van der Waals surface area (Å²) >= 11 is 0. The third-order valence-electron chi connectivity index (χ3n) is 6.84. The lowest BCUT2D eigenvalue weighted by atomic mass is 9.83. The van der Waals surface area contributed by atoms with E-state index < -0.39 is 0 Å². The van der Waals surface area contributed by atoms with E-state index in [2.05, 4.69) is 19.8 Å². The molecule has 0 unspecified atom stereocenters. The summed E-state index contributed by atoms with van der Waals surface area (Å²) in [5.74, 6) is 1.03. The van der Waals surface area contributed by atoms with Gasteiger partial charge in [-0.25, -0.2) is 14.4 Å². The first-order chi connectivity index (χ1) is 15.5. The molecule has 6 nitrogen and oxygen atoms in total. The Hall–Kier alpha value is -2.54. The highest BCUT2D eigenvalue weighted by atomic mass is 19.1. The van der Waals surface area contributed by atoms with Crippen LogP contribution in [0, 0.1) is 11.7 Å². The predicted molar refractivity (Wildman–Crippen MR) is 124 cm³/mol. The number of amides is 1. The number of hydrogen-bond acceptors (Lipinski definition) is 5. The van der Waals surface area contributed by atoms with E-state index in [0.29, 0.717) is 11.5 Å². The van der Waals surface area contributed by atoms with Crippen LogP contribution in [0.5, 0.6) is 0 Å². The molecule has 2 saturated heterocycles. The minimum Gasteiger partial charge on any atom is -0.347 e. The lowest BCUT2D eigenvalue weighted by Crippen LogP contribution is -2.50. The van der Waals surface area contributed by atoms with E-state index in [0.717, 1.165) is 63.4 Å². The second kappa shape index (κ2) is 10.4. The second-order valence-electron chi connectivity index (χ2n) is 9.32. The van der Waals surface area contributed by atoms with Crippen LogP contribution in [0.25, 0.3) is 0 Å². The zero-order valence-electron chi connectivity index (χ0n) is 19.2. The minimum absolute atomic E-state index is 0.0698. The van der Waals surface area contributed by atoms with E-state index >= 15 is 0 Å². The molecule has 3 heterocycles. The monoisotopic (exact) mass is 439 g/mol. The van der Waals surface area contributed by atoms with Crippen molar-refractivity contribution < 1.29 is 9.18 Å². The summed E-state index contributed by atoms with van der Waals surface area (Å²) in [7, 11) is 3.88. The van der Waals surface area contributed by atoms with E-state index in [1.807, 2.05) is 31.4 Å². The molecule has 0 saturated carbocycles. The Balaban J connectivity index is 1.33. The van der Waals surface area contributed by atoms with E-state index in [1.54, 1.807) is 18.2 Å². The summed E-state index contributed by atoms with van der Waals surface area (Å²) in [6, 6.07) is 6.91. The first-order valence-electron chi connectivity index (χ1n) is 11.7. The van der Waals surface area contributed by atoms with Gasteiger partial charge in [-0.3, -0.25) is 9.69 Å². The molecule has 0 aliphatic carbocycles. The number of piperidine rings is 2. The largest absolute Gasteiger partial charge is 0.347 e. The third kappa shape index (κ3) is 5.44. The molecule has 2 aliphatic heterocycles. The molecule has 0 bridgehead atoms. The quantitative estimate of drug-likeness (QED) is 0.689. The number of carbonyl (C=O) groups excluding carboxylic acids is 1. The Morgan fingerprint density at radius 1 is 1.06 bits per heavy atom. The molecule has 7 heteroatoms. The van der Waals surface area contributed by atoms with Crippen molar-refractivity contribution in [3.05, 3.63) is 53.6 Å². The number of likely N-dealkylation sites (tertiary alicyclic amines) is 2. The number of carbonyl (C=O) groups is 1. The summed E-state index contributed by atoms with van der Waals surface area (Å²) in [6.45, 7) is 3.70. The summed E-state index contributed by atoms with van der Waals surface area (Å²) in [5, 5.41) is 0. The van der Waals surface area contributed by atoms with Gasteiger partial charge in [0.2, 0.25) is 11.9 Å². The zero-order chi connectivity index (χ0) is 22.5. The lowest BCUT2D eigenvalue weighted by molar-refractivity contribution is -0.136. The van der Waals surface area contributed by atoms with Gasteiger partial charge < -0.3 is 9.80 Å². The fourth-order valence-electron chi connectivity index (χ4n) is 5.08. The number of rotatable bonds is 6. The maximum atomic E-state index is 14.1. The summed E-state index contributed by atoms with van der Waals surface area (Å²) in [4.78, 5) is 28.3. The number of hydrogen-bond donors (Lipinski definition) is 0. The van der Waals surface area contributed by atoms with E-state index in [4.69, 9.17) is 0 Å². The zero-order valence-corrected chi connectivity index (χ0v) is 19.2. The molecule has 32 heavy (non-hydrogen) atoms. The highest BCUT2D eigenvalue weighted by Crippen LogP contribution is 2.31. The molecule has 2 aromatic rings. The van der Waals surface area contributed by atoms with Crippen molar-refractivity contribution in [2.45, 2.75) is 51.1 Å². The van der Waals surface area contributed by atoms with Gasteiger partial charge in [0.25, 0.3) is 0 Å². The van der Waals surface area contributed by atoms with Gasteiger partial charge in [0.1, 0.15) is 5.82 Å². The molecule has 4 rings (SSSR count). The Morgan fingerprint density at radius 2 is 1.78 bits per heavy atom. The molecule has 1 atom stereocenters. The van der Waals surface area contributed by atoms with Gasteiger partial charge in [-0.1, -0.05) is 18.2 Å². The molecule has 1 aromatic heterocycles. The molecule has 1 aromatic carbocycles. The average molecular weight is 440 g/mol. The summed E-state index contributed by atoms with van der Waals surface area (Å²) in [6.07, 6.45) is 9.44. The van der Waals surface area contributed by atoms with E-state index in [1.165, 1.54) is 12.5 Å². The highest BCUT2D eigenvalue weighted by molar-refractivity contribution is 5.79. The maximum absolute atomic E-state index is 14.1. The number of benzene rings is 1. The van der Waals surface area contributed by atoms with Crippen molar-refractivity contribution in [3.63, 3.8) is 0 Å². The van der Waals surface area contributed by atoms with Crippen LogP contribution in [0.3, 0.4) is 0 Å². The lowest BCUT2D eigenvalue weighted by Gasteiger charge is -2.44. The standard InChI is InChI=1S/C25H34FN5O/c1-29(2)25-27-16-19(17-28-25)18-30-13-10-20(11-14-30)23-9-5-6-12-31(23)24(32)15-21-7-3-4-8-22(21)26/h3-4,7-8,16-17,20,23H,5-6,9-15,18H2,1-2H3/t23-/m0/s1. The van der Waals surface area contributed by atoms with Crippen molar-refractivity contribution in [2.75, 3.05) is 38.6 Å². The van der Waals surface area contributed by atoms with Gasteiger partial charge in [0.15, 0.2) is 0 Å². The van der Waals surface area contributed by atoms with E-state index in [9.17, 15) is 9.18 Å². The molecular formula is C25H34FN5O. The van der Waals surface area contributed by atoms with Crippen LogP contribution in [0.1, 0.15) is 43.2 Å². The topological polar surface area (TPSA) is 52.6 Å². The number of aromatic nitrogens is 2. The van der Waals surface area contributed by atoms with E-state index in [-0.39, 0.29) is 24.2 Å². The van der Waals surface area contributed by atoms with Crippen molar-refractivity contribution in [1.29, 1.82) is 0 Å². The van der Waals surface area contributed by atoms with Crippen molar-refractivity contribution in [1.82, 2.24) is 19.8 Å². The Labute approximate surface area is 190 Å². The smallest absolute Gasteiger partial charge is 0.227 e. The van der Waals surface area contributed by atoms with Crippen molar-refractivity contribution in [2.24, 2.45) is 5.92 Å². The van der Waals surface area contributed by atoms with Crippen LogP contribution in [0.4, 0.5) is 10.3 Å². The molecule has 0 radical (unpaired) electrons. The SMILES string of the molecule is CN(C)c1ncc(CN2CCC([C@@H]3CCCCN3C(=O)Cc3ccccc3F)CC2)cn1. The second-order valence-corrected chi connectivity index (χ2v) is 9.32. The van der Waals surface area contributed by atoms with Crippen LogP contribution >= 0.6 is 0 Å². The predicted octanol–water partition coefficient (Wildman–Crippen LogP) is 3.52. The van der Waals surface area contributed by atoms with Crippen molar-refractivity contribution in [3.8, 4) is 0 Å². The summed E-state index contributed by atoms with van der Waals surface area (Å²) in [5.41, 5.74) is 1.63. The molecule has 172 valence electrons. The molecule has 2 fully saturated rings. The van der Waals surface area contributed by atoms with Crippen LogP contribution in [-0.4, -0.2) is 65.4 Å². The number of nitrogens with zero attached hydrogens (tertiary/aromatic N) is 5. The van der Waals surface area contributed by atoms with Gasteiger partial charge in [0.05, 0.1) is 6.42 Å². The van der Waals surface area contributed by atoms with Gasteiger partial charge >= 0.3 is 0 Å². The Morgan fingerprint density at radius 3 is 2.47 bits per heavy atom. The maximum Gasteiger partial charge on any atom is 0.227 e. The molecule has 1 amide bonds. The highest BCUT2D eigenvalue weighted by Gasteiger charge is 2.34. The van der Waals surface area contributed by atoms with Gasteiger partial charge in [-0.2, -0.15) is 0 Å². The van der Waals surface area contributed by atoms with Gasteiger partial charge in [-0.05, 0) is 62.7 Å². The van der Waals surface area contributed by atoms with Crippen LogP contribution in [0.2, 0.25) is 0 Å². The van der Waals surface area contributed by atoms with Gasteiger partial charge in [-0.15, -0.1) is 0 Å². The average Bonchev–Trinajstić information content (AvgIpc) is 2.81. The molecule has 0 spiro atoms. The fourth-order valence-corrected chi connectivity index (χ4v) is 5.08. The van der Waals surface area contributed by atoms with Gasteiger partial charge in [0, 0.05) is 51.2 Å². The molecular weight excluding hydrogens is 405 g/mol. The number of halogens is 1. The summed E-state index contributed by atoms with van der Waals surface area (Å²) < 4.78 is 14.1. The van der Waals surface area contributed by atoms with Crippen molar-refractivity contribution >= 4 is 11.9 Å². The first-order valence-corrected chi connectivity index (χ1v) is 11.7.